The molecule has 2 atom stereocenters. The van der Waals surface area contributed by atoms with Crippen LogP contribution < -0.4 is 0 Å². The van der Waals surface area contributed by atoms with Crippen molar-refractivity contribution in [3.05, 3.63) is 41.5 Å². The molecule has 1 N–H and O–H groups in total. The second-order valence-corrected chi connectivity index (χ2v) is 6.63. The van der Waals surface area contributed by atoms with Gasteiger partial charge in [0.15, 0.2) is 0 Å². The van der Waals surface area contributed by atoms with Gasteiger partial charge in [-0.3, -0.25) is 9.69 Å². The van der Waals surface area contributed by atoms with Gasteiger partial charge in [0.25, 0.3) is 0 Å². The number of carboxylic acids is 1. The van der Waals surface area contributed by atoms with Gasteiger partial charge < -0.3 is 10.0 Å². The lowest BCUT2D eigenvalue weighted by Crippen LogP contribution is -2.43. The molecule has 128 valence electrons. The summed E-state index contributed by atoms with van der Waals surface area (Å²) in [4.78, 5) is 27.8. The van der Waals surface area contributed by atoms with Crippen LogP contribution >= 0.6 is 0 Å². The van der Waals surface area contributed by atoms with Crippen molar-refractivity contribution in [1.82, 2.24) is 9.80 Å². The van der Waals surface area contributed by atoms with E-state index < -0.39 is 5.97 Å². The lowest BCUT2D eigenvalue weighted by Gasteiger charge is -2.29. The predicted octanol–water partition coefficient (Wildman–Crippen LogP) is 2.48. The number of carbonyl (C=O) groups excluding carboxylic acids is 1. The fourth-order valence-corrected chi connectivity index (χ4v) is 3.80. The van der Waals surface area contributed by atoms with Crippen LogP contribution in [0, 0.1) is 0 Å². The van der Waals surface area contributed by atoms with Crippen molar-refractivity contribution in [2.45, 2.75) is 38.3 Å². The summed E-state index contributed by atoms with van der Waals surface area (Å²) in [5.41, 5.74) is 1.08. The minimum Gasteiger partial charge on any atom is -0.478 e. The van der Waals surface area contributed by atoms with Crippen LogP contribution in [0.15, 0.2) is 30.3 Å². The average molecular weight is 328 g/mol. The summed E-state index contributed by atoms with van der Waals surface area (Å²) < 4.78 is 0. The lowest BCUT2D eigenvalue weighted by molar-refractivity contribution is -0.126. The molecule has 0 bridgehead atoms. The molecular formula is C19H24N2O3. The third kappa shape index (κ3) is 3.51. The van der Waals surface area contributed by atoms with Crippen LogP contribution in [0.3, 0.4) is 0 Å². The van der Waals surface area contributed by atoms with Crippen LogP contribution in [-0.2, 0) is 4.79 Å². The van der Waals surface area contributed by atoms with E-state index in [9.17, 15) is 9.59 Å². The zero-order valence-corrected chi connectivity index (χ0v) is 14.0. The van der Waals surface area contributed by atoms with Crippen LogP contribution in [0.2, 0.25) is 0 Å². The molecule has 0 radical (unpaired) electrons. The molecule has 0 aliphatic carbocycles. The summed E-state index contributed by atoms with van der Waals surface area (Å²) in [6.45, 7) is 5.26. The lowest BCUT2D eigenvalue weighted by atomic mass is 10.1. The van der Waals surface area contributed by atoms with Gasteiger partial charge in [-0.1, -0.05) is 12.1 Å². The largest absolute Gasteiger partial charge is 0.478 e. The highest BCUT2D eigenvalue weighted by atomic mass is 16.4. The van der Waals surface area contributed by atoms with Crippen molar-refractivity contribution in [3.8, 4) is 0 Å². The topological polar surface area (TPSA) is 60.9 Å². The van der Waals surface area contributed by atoms with Crippen molar-refractivity contribution >= 4 is 18.0 Å². The van der Waals surface area contributed by atoms with Gasteiger partial charge in [0.2, 0.25) is 5.91 Å². The molecule has 0 saturated carbocycles. The molecule has 5 nitrogen and oxygen atoms in total. The Hall–Kier alpha value is -2.14. The zero-order chi connectivity index (χ0) is 17.1. The molecule has 2 aliphatic heterocycles. The van der Waals surface area contributed by atoms with E-state index in [-0.39, 0.29) is 17.5 Å². The molecule has 2 saturated heterocycles. The second kappa shape index (κ2) is 7.18. The molecule has 2 fully saturated rings. The van der Waals surface area contributed by atoms with Crippen LogP contribution in [0.1, 0.15) is 42.1 Å². The summed E-state index contributed by atoms with van der Waals surface area (Å²) in [5.74, 6) is -0.910. The van der Waals surface area contributed by atoms with Crippen molar-refractivity contribution in [2.75, 3.05) is 19.6 Å². The molecule has 2 heterocycles. The summed E-state index contributed by atoms with van der Waals surface area (Å²) in [5, 5.41) is 8.90. The van der Waals surface area contributed by atoms with Crippen molar-refractivity contribution in [2.24, 2.45) is 0 Å². The van der Waals surface area contributed by atoms with Gasteiger partial charge in [0.05, 0.1) is 5.56 Å². The highest BCUT2D eigenvalue weighted by Gasteiger charge is 2.37. The Balaban J connectivity index is 1.61. The Morgan fingerprint density at radius 1 is 1.12 bits per heavy atom. The highest BCUT2D eigenvalue weighted by Crippen LogP contribution is 2.26. The Morgan fingerprint density at radius 3 is 2.42 bits per heavy atom. The zero-order valence-electron chi connectivity index (χ0n) is 14.0. The Bertz CT molecular complexity index is 633. The maximum atomic E-state index is 12.5. The number of aromatic carboxylic acids is 1. The average Bonchev–Trinajstić information content (AvgIpc) is 3.22. The maximum Gasteiger partial charge on any atom is 0.335 e. The second-order valence-electron chi connectivity index (χ2n) is 6.63. The molecule has 0 aromatic heterocycles. The summed E-state index contributed by atoms with van der Waals surface area (Å²) >= 11 is 0. The maximum absolute atomic E-state index is 12.5. The summed E-state index contributed by atoms with van der Waals surface area (Å²) in [7, 11) is 0. The molecule has 1 aromatic rings. The van der Waals surface area contributed by atoms with Crippen molar-refractivity contribution in [3.63, 3.8) is 0 Å². The number of rotatable bonds is 4. The first-order chi connectivity index (χ1) is 11.6. The third-order valence-corrected chi connectivity index (χ3v) is 5.18. The Labute approximate surface area is 142 Å². The quantitative estimate of drug-likeness (QED) is 0.863. The van der Waals surface area contributed by atoms with E-state index in [4.69, 9.17) is 5.11 Å². The summed E-state index contributed by atoms with van der Waals surface area (Å²) in [6, 6.07) is 7.26. The Morgan fingerprint density at radius 2 is 1.79 bits per heavy atom. The minimum absolute atomic E-state index is 0.0338. The number of carbonyl (C=O) groups is 2. The van der Waals surface area contributed by atoms with Gasteiger partial charge in [0, 0.05) is 24.7 Å². The van der Waals surface area contributed by atoms with E-state index >= 15 is 0 Å². The van der Waals surface area contributed by atoms with E-state index in [0.29, 0.717) is 6.04 Å². The van der Waals surface area contributed by atoms with Crippen LogP contribution in [0.5, 0.6) is 0 Å². The predicted molar refractivity (Wildman–Crippen MR) is 92.8 cm³/mol. The first kappa shape index (κ1) is 16.7. The number of benzene rings is 1. The Kier molecular flexibility index (Phi) is 5.00. The fourth-order valence-electron chi connectivity index (χ4n) is 3.80. The summed E-state index contributed by atoms with van der Waals surface area (Å²) in [6.07, 6.45) is 6.93. The molecule has 2 unspecified atom stereocenters. The van der Waals surface area contributed by atoms with E-state index in [1.807, 2.05) is 4.90 Å². The van der Waals surface area contributed by atoms with Gasteiger partial charge >= 0.3 is 5.97 Å². The molecule has 5 heteroatoms. The normalized spacial score (nSPS) is 24.8. The van der Waals surface area contributed by atoms with E-state index in [1.54, 1.807) is 36.4 Å². The van der Waals surface area contributed by atoms with Crippen LogP contribution in [-0.4, -0.2) is 58.5 Å². The molecule has 3 rings (SSSR count). The first-order valence-electron chi connectivity index (χ1n) is 8.62. The van der Waals surface area contributed by atoms with Gasteiger partial charge in [-0.2, -0.15) is 0 Å². The minimum atomic E-state index is -0.944. The molecule has 0 spiro atoms. The number of likely N-dealkylation sites (tertiary alicyclic amines) is 2. The number of hydrogen-bond acceptors (Lipinski definition) is 3. The van der Waals surface area contributed by atoms with E-state index in [1.165, 1.54) is 12.8 Å². The number of amides is 1. The SMILES string of the molecule is CC1C(N2CCCC2)CCN1C(=O)C=Cc1ccc(C(=O)O)cc1. The van der Waals surface area contributed by atoms with Gasteiger partial charge in [-0.15, -0.1) is 0 Å². The fraction of sp³-hybridized carbons (Fsp3) is 0.474. The van der Waals surface area contributed by atoms with Crippen LogP contribution in [0.4, 0.5) is 0 Å². The van der Waals surface area contributed by atoms with Gasteiger partial charge in [-0.25, -0.2) is 4.79 Å². The molecule has 1 aromatic carbocycles. The molecule has 2 aliphatic rings. The van der Waals surface area contributed by atoms with Crippen molar-refractivity contribution < 1.29 is 14.7 Å². The third-order valence-electron chi connectivity index (χ3n) is 5.18. The number of carboxylic acid groups (broad SMARTS) is 1. The monoisotopic (exact) mass is 328 g/mol. The van der Waals surface area contributed by atoms with Crippen LogP contribution in [0.25, 0.3) is 6.08 Å². The highest BCUT2D eigenvalue weighted by molar-refractivity contribution is 5.92. The van der Waals surface area contributed by atoms with Gasteiger partial charge in [-0.05, 0) is 63.0 Å². The standard InChI is InChI=1S/C19H24N2O3/c1-14-17(20-11-2-3-12-20)10-13-21(14)18(22)9-6-15-4-7-16(8-5-15)19(23)24/h4-9,14,17H,2-3,10-13H2,1H3,(H,23,24). The van der Waals surface area contributed by atoms with E-state index in [0.717, 1.165) is 31.6 Å². The molecule has 24 heavy (non-hydrogen) atoms. The first-order valence-corrected chi connectivity index (χ1v) is 8.62. The van der Waals surface area contributed by atoms with Crippen molar-refractivity contribution in [1.29, 1.82) is 0 Å². The van der Waals surface area contributed by atoms with Gasteiger partial charge in [0.1, 0.15) is 0 Å². The number of hydrogen-bond donors (Lipinski definition) is 1. The smallest absolute Gasteiger partial charge is 0.335 e. The molecule has 1 amide bonds. The number of nitrogens with zero attached hydrogens (tertiary/aromatic N) is 2. The molecular weight excluding hydrogens is 304 g/mol. The van der Waals surface area contributed by atoms with E-state index in [2.05, 4.69) is 11.8 Å².